The van der Waals surface area contributed by atoms with E-state index in [0.29, 0.717) is 12.6 Å². The molecule has 2 aromatic rings. The smallest absolute Gasteiger partial charge is 0.316 e. The number of methoxy groups -OCH3 is 1. The van der Waals surface area contributed by atoms with Gasteiger partial charge in [-0.25, -0.2) is 9.97 Å². The second kappa shape index (κ2) is 6.55. The molecule has 1 saturated heterocycles. The minimum Gasteiger partial charge on any atom is -0.467 e. The molecule has 0 spiro atoms. The van der Waals surface area contributed by atoms with Crippen molar-refractivity contribution in [1.82, 2.24) is 24.8 Å². The monoisotopic (exact) mass is 287 g/mol. The van der Waals surface area contributed by atoms with Gasteiger partial charge in [-0.05, 0) is 0 Å². The van der Waals surface area contributed by atoms with Crippen molar-refractivity contribution in [3.8, 4) is 6.01 Å². The summed E-state index contributed by atoms with van der Waals surface area (Å²) in [5.74, 6) is 0. The number of ether oxygens (including phenoxy) is 2. The van der Waals surface area contributed by atoms with Crippen LogP contribution in [0.3, 0.4) is 0 Å². The van der Waals surface area contributed by atoms with Crippen molar-refractivity contribution in [2.45, 2.75) is 12.6 Å². The zero-order chi connectivity index (χ0) is 14.5. The summed E-state index contributed by atoms with van der Waals surface area (Å²) >= 11 is 0. The van der Waals surface area contributed by atoms with E-state index in [1.165, 1.54) is 0 Å². The second-order valence-electron chi connectivity index (χ2n) is 4.80. The molecule has 1 fully saturated rings. The third-order valence-corrected chi connectivity index (χ3v) is 3.33. The van der Waals surface area contributed by atoms with Crippen molar-refractivity contribution >= 4 is 0 Å². The Labute approximate surface area is 123 Å². The highest BCUT2D eigenvalue weighted by molar-refractivity contribution is 5.08. The van der Waals surface area contributed by atoms with Gasteiger partial charge in [0.05, 0.1) is 25.6 Å². The summed E-state index contributed by atoms with van der Waals surface area (Å²) in [5.41, 5.74) is 1.92. The van der Waals surface area contributed by atoms with Gasteiger partial charge in [0.2, 0.25) is 0 Å². The Kier molecular flexibility index (Phi) is 4.32. The quantitative estimate of drug-likeness (QED) is 0.825. The van der Waals surface area contributed by atoms with Crippen LogP contribution in [0.2, 0.25) is 0 Å². The van der Waals surface area contributed by atoms with E-state index in [-0.39, 0.29) is 6.10 Å². The highest BCUT2D eigenvalue weighted by atomic mass is 16.5. The Morgan fingerprint density at radius 1 is 1.24 bits per heavy atom. The number of aromatic nitrogens is 4. The van der Waals surface area contributed by atoms with E-state index in [2.05, 4.69) is 24.8 Å². The number of morpholine rings is 1. The molecule has 0 amide bonds. The minimum atomic E-state index is -0.0355. The molecule has 0 aromatic carbocycles. The molecule has 21 heavy (non-hydrogen) atoms. The molecule has 3 rings (SSSR count). The molecule has 110 valence electrons. The van der Waals surface area contributed by atoms with E-state index >= 15 is 0 Å². The number of rotatable bonds is 4. The lowest BCUT2D eigenvalue weighted by atomic mass is 10.2. The maximum absolute atomic E-state index is 5.77. The molecule has 7 heteroatoms. The van der Waals surface area contributed by atoms with E-state index < -0.39 is 0 Å². The summed E-state index contributed by atoms with van der Waals surface area (Å²) in [7, 11) is 1.56. The van der Waals surface area contributed by atoms with Crippen LogP contribution in [0, 0.1) is 0 Å². The average molecular weight is 287 g/mol. The molecule has 0 saturated carbocycles. The lowest BCUT2D eigenvalue weighted by Crippen LogP contribution is -2.38. The molecule has 2 aromatic heterocycles. The van der Waals surface area contributed by atoms with E-state index in [1.54, 1.807) is 38.1 Å². The molecule has 0 N–H and O–H groups in total. The van der Waals surface area contributed by atoms with Gasteiger partial charge in [-0.1, -0.05) is 0 Å². The number of nitrogens with zero attached hydrogens (tertiary/aromatic N) is 5. The van der Waals surface area contributed by atoms with Gasteiger partial charge in [0, 0.05) is 50.0 Å². The predicted molar refractivity (Wildman–Crippen MR) is 74.6 cm³/mol. The summed E-state index contributed by atoms with van der Waals surface area (Å²) in [6, 6.07) is 0.387. The van der Waals surface area contributed by atoms with Gasteiger partial charge in [0.25, 0.3) is 0 Å². The fourth-order valence-electron chi connectivity index (χ4n) is 2.29. The van der Waals surface area contributed by atoms with Crippen LogP contribution in [0.15, 0.2) is 31.0 Å². The lowest BCUT2D eigenvalue weighted by molar-refractivity contribution is -0.0352. The highest BCUT2D eigenvalue weighted by Gasteiger charge is 2.23. The van der Waals surface area contributed by atoms with Crippen LogP contribution in [0.1, 0.15) is 17.4 Å². The van der Waals surface area contributed by atoms with Gasteiger partial charge < -0.3 is 9.47 Å². The van der Waals surface area contributed by atoms with Crippen LogP contribution in [0.4, 0.5) is 0 Å². The van der Waals surface area contributed by atoms with Crippen LogP contribution in [0.5, 0.6) is 6.01 Å². The maximum atomic E-state index is 5.77. The van der Waals surface area contributed by atoms with Gasteiger partial charge in [-0.3, -0.25) is 14.9 Å². The topological polar surface area (TPSA) is 73.3 Å². The predicted octanol–water partition coefficient (Wildman–Crippen LogP) is 0.849. The maximum Gasteiger partial charge on any atom is 0.316 e. The molecule has 7 nitrogen and oxygen atoms in total. The molecule has 0 bridgehead atoms. The molecule has 3 heterocycles. The first-order valence-corrected chi connectivity index (χ1v) is 6.80. The Hall–Kier alpha value is -2.12. The molecular formula is C14H17N5O2. The Morgan fingerprint density at radius 3 is 2.81 bits per heavy atom. The Balaban J connectivity index is 1.63. The standard InChI is InChI=1S/C14H17N5O2/c1-20-14-17-6-11(7-18-14)9-19-4-5-21-13(10-19)12-8-15-2-3-16-12/h2-3,6-8,13H,4-5,9-10H2,1H3/t13-/m0/s1. The summed E-state index contributed by atoms with van der Waals surface area (Å²) in [4.78, 5) is 19.0. The molecular weight excluding hydrogens is 270 g/mol. The molecule has 1 aliphatic heterocycles. The zero-order valence-electron chi connectivity index (χ0n) is 11.8. The number of hydrogen-bond acceptors (Lipinski definition) is 7. The zero-order valence-corrected chi connectivity index (χ0v) is 11.8. The van der Waals surface area contributed by atoms with Gasteiger partial charge in [0.15, 0.2) is 0 Å². The molecule has 0 radical (unpaired) electrons. The third kappa shape index (κ3) is 3.50. The van der Waals surface area contributed by atoms with Gasteiger partial charge in [0.1, 0.15) is 6.10 Å². The van der Waals surface area contributed by atoms with Crippen molar-refractivity contribution in [3.63, 3.8) is 0 Å². The van der Waals surface area contributed by atoms with Crippen molar-refractivity contribution in [3.05, 3.63) is 42.2 Å². The molecule has 1 aliphatic rings. The Morgan fingerprint density at radius 2 is 2.10 bits per heavy atom. The van der Waals surface area contributed by atoms with E-state index in [4.69, 9.17) is 9.47 Å². The largest absolute Gasteiger partial charge is 0.467 e. The van der Waals surface area contributed by atoms with Crippen molar-refractivity contribution < 1.29 is 9.47 Å². The average Bonchev–Trinajstić information content (AvgIpc) is 2.57. The lowest BCUT2D eigenvalue weighted by Gasteiger charge is -2.32. The van der Waals surface area contributed by atoms with E-state index in [1.807, 2.05) is 0 Å². The van der Waals surface area contributed by atoms with Crippen LogP contribution in [-0.2, 0) is 11.3 Å². The van der Waals surface area contributed by atoms with Crippen molar-refractivity contribution in [2.24, 2.45) is 0 Å². The van der Waals surface area contributed by atoms with Crippen LogP contribution in [-0.4, -0.2) is 51.6 Å². The highest BCUT2D eigenvalue weighted by Crippen LogP contribution is 2.20. The molecule has 0 unspecified atom stereocenters. The summed E-state index contributed by atoms with van der Waals surface area (Å²) in [5, 5.41) is 0. The first-order chi connectivity index (χ1) is 10.3. The fourth-order valence-corrected chi connectivity index (χ4v) is 2.29. The Bertz CT molecular complexity index is 563. The van der Waals surface area contributed by atoms with Crippen LogP contribution in [0.25, 0.3) is 0 Å². The van der Waals surface area contributed by atoms with Gasteiger partial charge >= 0.3 is 6.01 Å². The summed E-state index contributed by atoms with van der Waals surface area (Å²) in [6.45, 7) is 3.12. The van der Waals surface area contributed by atoms with Gasteiger partial charge in [-0.2, -0.15) is 0 Å². The summed E-state index contributed by atoms with van der Waals surface area (Å²) in [6.07, 6.45) is 8.65. The van der Waals surface area contributed by atoms with E-state index in [9.17, 15) is 0 Å². The summed E-state index contributed by atoms with van der Waals surface area (Å²) < 4.78 is 10.7. The fraction of sp³-hybridized carbons (Fsp3) is 0.429. The van der Waals surface area contributed by atoms with Gasteiger partial charge in [-0.15, -0.1) is 0 Å². The molecule has 1 atom stereocenters. The van der Waals surface area contributed by atoms with Crippen molar-refractivity contribution in [2.75, 3.05) is 26.8 Å². The van der Waals surface area contributed by atoms with Crippen molar-refractivity contribution in [1.29, 1.82) is 0 Å². The molecule has 0 aliphatic carbocycles. The second-order valence-corrected chi connectivity index (χ2v) is 4.80. The van der Waals surface area contributed by atoms with Crippen LogP contribution < -0.4 is 4.74 Å². The normalized spacial score (nSPS) is 19.4. The van der Waals surface area contributed by atoms with Crippen LogP contribution >= 0.6 is 0 Å². The first-order valence-electron chi connectivity index (χ1n) is 6.80. The third-order valence-electron chi connectivity index (χ3n) is 3.33. The number of hydrogen-bond donors (Lipinski definition) is 0. The first kappa shape index (κ1) is 13.8. The van der Waals surface area contributed by atoms with E-state index in [0.717, 1.165) is 30.9 Å². The minimum absolute atomic E-state index is 0.0355. The SMILES string of the molecule is COc1ncc(CN2CCO[C@H](c3cnccn3)C2)cn1.